The fourth-order valence-electron chi connectivity index (χ4n) is 2.39. The van der Waals surface area contributed by atoms with Crippen LogP contribution >= 0.6 is 23.4 Å². The van der Waals surface area contributed by atoms with Gasteiger partial charge in [-0.25, -0.2) is 9.97 Å². The highest BCUT2D eigenvalue weighted by Crippen LogP contribution is 2.19. The molecule has 0 radical (unpaired) electrons. The molecule has 3 nitrogen and oxygen atoms in total. The van der Waals surface area contributed by atoms with Crippen LogP contribution in [0.4, 0.5) is 0 Å². The van der Waals surface area contributed by atoms with Crippen LogP contribution in [0.15, 0.2) is 12.3 Å². The average Bonchev–Trinajstić information content (AvgIpc) is 2.79. The van der Waals surface area contributed by atoms with Gasteiger partial charge in [-0.3, -0.25) is 0 Å². The summed E-state index contributed by atoms with van der Waals surface area (Å²) in [5, 5.41) is 0. The van der Waals surface area contributed by atoms with Crippen molar-refractivity contribution < 1.29 is 0 Å². The largest absolute Gasteiger partial charge is 0.313 e. The number of aromatic nitrogens is 3. The van der Waals surface area contributed by atoms with E-state index in [2.05, 4.69) is 22.7 Å². The Hall–Kier alpha value is -0.740. The van der Waals surface area contributed by atoms with Crippen LogP contribution < -0.4 is 0 Å². The molecule has 0 aliphatic rings. The fourth-order valence-corrected chi connectivity index (χ4v) is 3.05. The molecule has 0 saturated carbocycles. The van der Waals surface area contributed by atoms with Crippen LogP contribution in [-0.2, 0) is 13.0 Å². The Morgan fingerprint density at radius 3 is 2.90 bits per heavy atom. The number of alkyl halides is 1. The van der Waals surface area contributed by atoms with E-state index >= 15 is 0 Å². The molecule has 0 aromatic carbocycles. The van der Waals surface area contributed by atoms with Crippen molar-refractivity contribution >= 4 is 34.5 Å². The van der Waals surface area contributed by atoms with Gasteiger partial charge >= 0.3 is 0 Å². The summed E-state index contributed by atoms with van der Waals surface area (Å²) < 4.78 is 2.25. The van der Waals surface area contributed by atoms with Gasteiger partial charge in [0.1, 0.15) is 11.3 Å². The first kappa shape index (κ1) is 15.6. The maximum Gasteiger partial charge on any atom is 0.160 e. The van der Waals surface area contributed by atoms with Gasteiger partial charge in [0.25, 0.3) is 0 Å². The number of aryl methyl sites for hydroxylation is 3. The summed E-state index contributed by atoms with van der Waals surface area (Å²) in [6.07, 6.45) is 8.56. The van der Waals surface area contributed by atoms with Gasteiger partial charge in [-0.2, -0.15) is 11.8 Å². The fraction of sp³-hybridized carbons (Fsp3) is 0.600. The summed E-state index contributed by atoms with van der Waals surface area (Å²) >= 11 is 7.82. The summed E-state index contributed by atoms with van der Waals surface area (Å²) in [7, 11) is 0. The summed E-state index contributed by atoms with van der Waals surface area (Å²) in [6.45, 7) is 3.08. The predicted molar refractivity (Wildman–Crippen MR) is 88.9 cm³/mol. The third-order valence-electron chi connectivity index (χ3n) is 3.46. The monoisotopic (exact) mass is 311 g/mol. The first-order chi connectivity index (χ1) is 9.77. The number of fused-ring (bicyclic) bond motifs is 1. The first-order valence-corrected chi connectivity index (χ1v) is 9.06. The van der Waals surface area contributed by atoms with Gasteiger partial charge in [0.15, 0.2) is 5.65 Å². The van der Waals surface area contributed by atoms with Crippen molar-refractivity contribution in [2.45, 2.75) is 39.2 Å². The molecule has 0 unspecified atom stereocenters. The van der Waals surface area contributed by atoms with Crippen LogP contribution in [0, 0.1) is 6.92 Å². The van der Waals surface area contributed by atoms with Gasteiger partial charge in [-0.05, 0) is 43.4 Å². The standard InChI is InChI=1S/C15H22ClN3S/c1-12-7-9-17-15-14(12)18-13(6-8-16)19(15)10-4-3-5-11-20-2/h7,9H,3-6,8,10-11H2,1-2H3. The molecule has 5 heteroatoms. The normalized spacial score (nSPS) is 11.3. The molecule has 0 aliphatic heterocycles. The lowest BCUT2D eigenvalue weighted by atomic mass is 10.2. The average molecular weight is 312 g/mol. The van der Waals surface area contributed by atoms with Crippen LogP contribution in [0.1, 0.15) is 30.7 Å². The topological polar surface area (TPSA) is 30.7 Å². The Morgan fingerprint density at radius 1 is 1.30 bits per heavy atom. The Labute approximate surface area is 130 Å². The van der Waals surface area contributed by atoms with Crippen LogP contribution in [0.25, 0.3) is 11.2 Å². The van der Waals surface area contributed by atoms with E-state index in [0.717, 1.165) is 30.0 Å². The van der Waals surface area contributed by atoms with E-state index in [1.165, 1.54) is 30.6 Å². The number of unbranched alkanes of at least 4 members (excludes halogenated alkanes) is 2. The SMILES string of the molecule is CSCCCCCn1c(CCCl)nc2c(C)ccnc21. The summed E-state index contributed by atoms with van der Waals surface area (Å²) in [5.41, 5.74) is 3.22. The van der Waals surface area contributed by atoms with Gasteiger partial charge < -0.3 is 4.57 Å². The molecular weight excluding hydrogens is 290 g/mol. The molecule has 0 atom stereocenters. The van der Waals surface area contributed by atoms with E-state index < -0.39 is 0 Å². The third-order valence-corrected chi connectivity index (χ3v) is 4.35. The van der Waals surface area contributed by atoms with E-state index in [9.17, 15) is 0 Å². The van der Waals surface area contributed by atoms with Crippen LogP contribution in [0.2, 0.25) is 0 Å². The van der Waals surface area contributed by atoms with Crippen molar-refractivity contribution in [3.8, 4) is 0 Å². The van der Waals surface area contributed by atoms with Crippen LogP contribution in [0.5, 0.6) is 0 Å². The van der Waals surface area contributed by atoms with Crippen molar-refractivity contribution in [1.29, 1.82) is 0 Å². The van der Waals surface area contributed by atoms with Crippen molar-refractivity contribution in [3.05, 3.63) is 23.7 Å². The third kappa shape index (κ3) is 3.67. The smallest absolute Gasteiger partial charge is 0.160 e. The van der Waals surface area contributed by atoms with Gasteiger partial charge in [0.2, 0.25) is 0 Å². The summed E-state index contributed by atoms with van der Waals surface area (Å²) in [6, 6.07) is 2.02. The second-order valence-corrected chi connectivity index (χ2v) is 6.34. The highest BCUT2D eigenvalue weighted by Gasteiger charge is 2.12. The van der Waals surface area contributed by atoms with E-state index in [-0.39, 0.29) is 0 Å². The molecule has 0 amide bonds. The summed E-state index contributed by atoms with van der Waals surface area (Å²) in [5.74, 6) is 2.92. The highest BCUT2D eigenvalue weighted by molar-refractivity contribution is 7.98. The minimum absolute atomic E-state index is 0.606. The quantitative estimate of drug-likeness (QED) is 0.544. The predicted octanol–water partition coefficient (Wildman–Crippen LogP) is 4.05. The molecule has 0 N–H and O–H groups in total. The minimum Gasteiger partial charge on any atom is -0.313 e. The Kier molecular flexibility index (Phi) is 6.17. The number of imidazole rings is 1. The van der Waals surface area contributed by atoms with E-state index in [4.69, 9.17) is 16.6 Å². The van der Waals surface area contributed by atoms with Crippen LogP contribution in [0.3, 0.4) is 0 Å². The molecule has 2 heterocycles. The molecule has 0 bridgehead atoms. The second-order valence-electron chi connectivity index (χ2n) is 4.97. The number of thioether (sulfide) groups is 1. The minimum atomic E-state index is 0.606. The van der Waals surface area contributed by atoms with Crippen molar-refractivity contribution in [1.82, 2.24) is 14.5 Å². The zero-order chi connectivity index (χ0) is 14.4. The van der Waals surface area contributed by atoms with Gasteiger partial charge in [-0.1, -0.05) is 6.42 Å². The maximum absolute atomic E-state index is 5.90. The number of nitrogens with zero attached hydrogens (tertiary/aromatic N) is 3. The molecule has 0 spiro atoms. The first-order valence-electron chi connectivity index (χ1n) is 7.13. The lowest BCUT2D eigenvalue weighted by Crippen LogP contribution is -2.05. The molecular formula is C15H22ClN3S. The lowest BCUT2D eigenvalue weighted by Gasteiger charge is -2.07. The molecule has 20 heavy (non-hydrogen) atoms. The van der Waals surface area contributed by atoms with Crippen molar-refractivity contribution in [3.63, 3.8) is 0 Å². The Balaban J connectivity index is 2.16. The van der Waals surface area contributed by atoms with Crippen molar-refractivity contribution in [2.24, 2.45) is 0 Å². The number of hydrogen-bond donors (Lipinski definition) is 0. The summed E-state index contributed by atoms with van der Waals surface area (Å²) in [4.78, 5) is 9.24. The molecule has 2 aromatic heterocycles. The zero-order valence-corrected chi connectivity index (χ0v) is 13.8. The molecule has 110 valence electrons. The molecule has 0 saturated heterocycles. The molecule has 0 aliphatic carbocycles. The van der Waals surface area contributed by atoms with Gasteiger partial charge in [0, 0.05) is 25.0 Å². The van der Waals surface area contributed by atoms with E-state index in [1.807, 2.05) is 24.0 Å². The van der Waals surface area contributed by atoms with Crippen molar-refractivity contribution in [2.75, 3.05) is 17.9 Å². The van der Waals surface area contributed by atoms with E-state index in [1.54, 1.807) is 0 Å². The second kappa shape index (κ2) is 7.89. The Bertz CT molecular complexity index is 553. The Morgan fingerprint density at radius 2 is 2.15 bits per heavy atom. The van der Waals surface area contributed by atoms with Gasteiger partial charge in [-0.15, -0.1) is 11.6 Å². The van der Waals surface area contributed by atoms with Crippen LogP contribution in [-0.4, -0.2) is 32.4 Å². The molecule has 2 aromatic rings. The number of halogens is 1. The van der Waals surface area contributed by atoms with E-state index in [0.29, 0.717) is 5.88 Å². The number of pyridine rings is 1. The highest BCUT2D eigenvalue weighted by atomic mass is 35.5. The number of rotatable bonds is 8. The van der Waals surface area contributed by atoms with Gasteiger partial charge in [0.05, 0.1) is 0 Å². The zero-order valence-electron chi connectivity index (χ0n) is 12.2. The molecule has 2 rings (SSSR count). The maximum atomic E-state index is 5.90. The lowest BCUT2D eigenvalue weighted by molar-refractivity contribution is 0.593. The molecule has 0 fully saturated rings. The number of hydrogen-bond acceptors (Lipinski definition) is 3.